The Bertz CT molecular complexity index is 891. The van der Waals surface area contributed by atoms with Crippen molar-refractivity contribution in [2.24, 2.45) is 0 Å². The molecule has 3 aromatic rings. The second-order valence-electron chi connectivity index (χ2n) is 6.58. The third kappa shape index (κ3) is 5.15. The maximum atomic E-state index is 14.3. The summed E-state index contributed by atoms with van der Waals surface area (Å²) in [6.07, 6.45) is -4.52. The molecule has 0 amide bonds. The van der Waals surface area contributed by atoms with Crippen LogP contribution in [0.25, 0.3) is 0 Å². The van der Waals surface area contributed by atoms with Crippen molar-refractivity contribution < 1.29 is 27.0 Å². The molecule has 0 aliphatic carbocycles. The monoisotopic (exact) mass is 404 g/mol. The molecule has 6 heteroatoms. The van der Waals surface area contributed by atoms with E-state index in [0.29, 0.717) is 16.9 Å². The average Bonchev–Trinajstić information content (AvgIpc) is 2.71. The fourth-order valence-corrected chi connectivity index (χ4v) is 3.38. The molecule has 2 atom stereocenters. The van der Waals surface area contributed by atoms with Gasteiger partial charge < -0.3 is 9.47 Å². The molecule has 0 bridgehead atoms. The summed E-state index contributed by atoms with van der Waals surface area (Å²) in [5.74, 6) is -2.92. The van der Waals surface area contributed by atoms with Gasteiger partial charge in [0.1, 0.15) is 11.6 Å². The minimum atomic E-state index is -4.52. The number of rotatable bonds is 7. The largest absolute Gasteiger partial charge is 0.468 e. The van der Waals surface area contributed by atoms with Crippen molar-refractivity contribution >= 4 is 0 Å². The summed E-state index contributed by atoms with van der Waals surface area (Å²) < 4.78 is 66.3. The quantitative estimate of drug-likeness (QED) is 0.341. The molecular weight excluding hydrogens is 384 g/mol. The molecule has 3 rings (SSSR count). The van der Waals surface area contributed by atoms with Gasteiger partial charge in [0, 0.05) is 13.0 Å². The number of methoxy groups -OCH3 is 1. The Morgan fingerprint density at radius 2 is 1.31 bits per heavy atom. The zero-order chi connectivity index (χ0) is 20.9. The predicted molar refractivity (Wildman–Crippen MR) is 102 cm³/mol. The maximum absolute atomic E-state index is 14.3. The lowest BCUT2D eigenvalue weighted by Crippen LogP contribution is -2.28. The smallest absolute Gasteiger partial charge is 0.396 e. The lowest BCUT2D eigenvalue weighted by Gasteiger charge is -2.30. The highest BCUT2D eigenvalue weighted by atomic mass is 19.4. The summed E-state index contributed by atoms with van der Waals surface area (Å²) in [6, 6.07) is 19.4. The van der Waals surface area contributed by atoms with E-state index in [4.69, 9.17) is 9.47 Å². The van der Waals surface area contributed by atoms with Crippen molar-refractivity contribution in [3.63, 3.8) is 0 Å². The summed E-state index contributed by atoms with van der Waals surface area (Å²) in [5, 5.41) is 0. The van der Waals surface area contributed by atoms with Crippen molar-refractivity contribution in [3.8, 4) is 5.75 Å². The summed E-state index contributed by atoms with van der Waals surface area (Å²) in [7, 11) is 1.46. The van der Waals surface area contributed by atoms with E-state index < -0.39 is 23.8 Å². The first kappa shape index (κ1) is 20.9. The van der Waals surface area contributed by atoms with E-state index in [1.54, 1.807) is 30.3 Å². The van der Waals surface area contributed by atoms with Gasteiger partial charge in [-0.1, -0.05) is 54.6 Å². The molecule has 0 fully saturated rings. The first-order valence-electron chi connectivity index (χ1n) is 8.99. The molecule has 2 unspecified atom stereocenters. The Hall–Kier alpha value is -2.86. The standard InChI is InChI=1S/C23H20F4O2/c1-28-15-29-20-13-9-18(10-14-20)22(23(25,26)27)21(16-5-3-2-4-6-16)17-7-11-19(24)12-8-17/h2-14,21-22H,15H2,1H3. The van der Waals surface area contributed by atoms with Gasteiger partial charge in [0.05, 0.1) is 5.92 Å². The fraction of sp³-hybridized carbons (Fsp3) is 0.217. The van der Waals surface area contributed by atoms with E-state index in [-0.39, 0.29) is 12.4 Å². The first-order valence-corrected chi connectivity index (χ1v) is 8.99. The fourth-order valence-electron chi connectivity index (χ4n) is 3.38. The van der Waals surface area contributed by atoms with Gasteiger partial charge in [-0.05, 0) is 41.0 Å². The predicted octanol–water partition coefficient (Wildman–Crippen LogP) is 6.29. The first-order chi connectivity index (χ1) is 13.9. The lowest BCUT2D eigenvalue weighted by molar-refractivity contribution is -0.153. The number of benzene rings is 3. The second-order valence-corrected chi connectivity index (χ2v) is 6.58. The van der Waals surface area contributed by atoms with Crippen molar-refractivity contribution in [2.75, 3.05) is 13.9 Å². The molecule has 0 radical (unpaired) electrons. The molecular formula is C23H20F4O2. The van der Waals surface area contributed by atoms with Crippen LogP contribution in [-0.2, 0) is 4.74 Å². The number of ether oxygens (including phenoxy) is 2. The van der Waals surface area contributed by atoms with Crippen molar-refractivity contribution in [1.82, 2.24) is 0 Å². The summed E-state index contributed by atoms with van der Waals surface area (Å²) in [6.45, 7) is 0.00423. The molecule has 0 saturated heterocycles. The summed E-state index contributed by atoms with van der Waals surface area (Å²) in [4.78, 5) is 0. The third-order valence-corrected chi connectivity index (χ3v) is 4.66. The number of halogens is 4. The van der Waals surface area contributed by atoms with Gasteiger partial charge in [-0.25, -0.2) is 4.39 Å². The zero-order valence-corrected chi connectivity index (χ0v) is 15.7. The Balaban J connectivity index is 2.08. The second kappa shape index (κ2) is 9.09. The van der Waals surface area contributed by atoms with E-state index in [1.165, 1.54) is 55.6 Å². The minimum absolute atomic E-state index is 0.00423. The molecule has 29 heavy (non-hydrogen) atoms. The van der Waals surface area contributed by atoms with Gasteiger partial charge in [-0.15, -0.1) is 0 Å². The summed E-state index contributed by atoms with van der Waals surface area (Å²) in [5.41, 5.74) is 0.987. The molecule has 3 aromatic carbocycles. The minimum Gasteiger partial charge on any atom is -0.468 e. The van der Waals surface area contributed by atoms with Crippen LogP contribution in [0.15, 0.2) is 78.9 Å². The van der Waals surface area contributed by atoms with E-state index in [0.717, 1.165) is 0 Å². The molecule has 0 saturated carbocycles. The van der Waals surface area contributed by atoms with Crippen LogP contribution >= 0.6 is 0 Å². The van der Waals surface area contributed by atoms with Crippen LogP contribution in [0.5, 0.6) is 5.75 Å². The van der Waals surface area contributed by atoms with Crippen LogP contribution < -0.4 is 4.74 Å². The van der Waals surface area contributed by atoms with Crippen molar-refractivity contribution in [3.05, 3.63) is 101 Å². The van der Waals surface area contributed by atoms with Crippen LogP contribution in [0.4, 0.5) is 17.6 Å². The maximum Gasteiger partial charge on any atom is 0.396 e. The molecule has 0 aliphatic heterocycles. The molecule has 0 aromatic heterocycles. The Morgan fingerprint density at radius 1 is 0.759 bits per heavy atom. The molecule has 0 heterocycles. The van der Waals surface area contributed by atoms with Gasteiger partial charge in [-0.2, -0.15) is 13.2 Å². The topological polar surface area (TPSA) is 18.5 Å². The Labute approximate surface area is 166 Å². The van der Waals surface area contributed by atoms with Crippen LogP contribution in [0.3, 0.4) is 0 Å². The zero-order valence-electron chi connectivity index (χ0n) is 15.7. The molecule has 152 valence electrons. The van der Waals surface area contributed by atoms with Gasteiger partial charge in [-0.3, -0.25) is 0 Å². The van der Waals surface area contributed by atoms with Crippen LogP contribution in [0.1, 0.15) is 28.5 Å². The normalized spacial score (nSPS) is 13.7. The van der Waals surface area contributed by atoms with Crippen LogP contribution in [-0.4, -0.2) is 20.1 Å². The van der Waals surface area contributed by atoms with Gasteiger partial charge in [0.15, 0.2) is 6.79 Å². The highest BCUT2D eigenvalue weighted by molar-refractivity contribution is 5.40. The number of hydrogen-bond acceptors (Lipinski definition) is 2. The van der Waals surface area contributed by atoms with Crippen LogP contribution in [0.2, 0.25) is 0 Å². The SMILES string of the molecule is COCOc1ccc(C(C(c2ccccc2)c2ccc(F)cc2)C(F)(F)F)cc1. The summed E-state index contributed by atoms with van der Waals surface area (Å²) >= 11 is 0. The van der Waals surface area contributed by atoms with Gasteiger partial charge in [0.25, 0.3) is 0 Å². The van der Waals surface area contributed by atoms with Crippen molar-refractivity contribution in [2.45, 2.75) is 18.0 Å². The van der Waals surface area contributed by atoms with Crippen molar-refractivity contribution in [1.29, 1.82) is 0 Å². The molecule has 0 aliphatic rings. The van der Waals surface area contributed by atoms with Crippen LogP contribution in [0, 0.1) is 5.82 Å². The van der Waals surface area contributed by atoms with E-state index in [1.807, 2.05) is 0 Å². The number of hydrogen-bond donors (Lipinski definition) is 0. The lowest BCUT2D eigenvalue weighted by atomic mass is 9.76. The van der Waals surface area contributed by atoms with E-state index in [2.05, 4.69) is 0 Å². The van der Waals surface area contributed by atoms with Gasteiger partial charge in [0.2, 0.25) is 0 Å². The molecule has 0 spiro atoms. The van der Waals surface area contributed by atoms with E-state index >= 15 is 0 Å². The molecule has 2 nitrogen and oxygen atoms in total. The Morgan fingerprint density at radius 3 is 1.86 bits per heavy atom. The number of alkyl halides is 3. The van der Waals surface area contributed by atoms with Gasteiger partial charge >= 0.3 is 6.18 Å². The highest BCUT2D eigenvalue weighted by Crippen LogP contribution is 2.48. The Kier molecular flexibility index (Phi) is 6.54. The average molecular weight is 404 g/mol. The molecule has 0 N–H and O–H groups in total. The van der Waals surface area contributed by atoms with E-state index in [9.17, 15) is 17.6 Å². The highest BCUT2D eigenvalue weighted by Gasteiger charge is 2.46. The third-order valence-electron chi connectivity index (χ3n) is 4.66.